The molecule has 0 fully saturated rings. The van der Waals surface area contributed by atoms with Crippen molar-refractivity contribution in [3.05, 3.63) is 58.8 Å². The molecule has 0 unspecified atom stereocenters. The fraction of sp³-hybridized carbons (Fsp3) is 0.100. The second kappa shape index (κ2) is 8.37. The molecule has 0 atom stereocenters. The first-order valence-corrected chi connectivity index (χ1v) is 8.82. The van der Waals surface area contributed by atoms with Gasteiger partial charge in [-0.3, -0.25) is 9.97 Å². The normalized spacial score (nSPS) is 10.4. The predicted octanol–water partition coefficient (Wildman–Crippen LogP) is 5.20. The van der Waals surface area contributed by atoms with E-state index in [1.807, 2.05) is 6.07 Å². The van der Waals surface area contributed by atoms with Gasteiger partial charge in [-0.15, -0.1) is 0 Å². The van der Waals surface area contributed by atoms with E-state index in [0.717, 1.165) is 10.9 Å². The second-order valence-electron chi connectivity index (χ2n) is 5.67. The molecule has 8 heteroatoms. The van der Waals surface area contributed by atoms with Crippen LogP contribution in [0.1, 0.15) is 0 Å². The molecular weight excluding hydrogens is 403 g/mol. The molecule has 2 heterocycles. The van der Waals surface area contributed by atoms with Crippen molar-refractivity contribution in [3.8, 4) is 23.0 Å². The molecule has 144 valence electrons. The Hall–Kier alpha value is -2.96. The van der Waals surface area contributed by atoms with Gasteiger partial charge in [-0.1, -0.05) is 23.2 Å². The van der Waals surface area contributed by atoms with Gasteiger partial charge in [0.15, 0.2) is 23.0 Å². The highest BCUT2D eigenvalue weighted by Crippen LogP contribution is 2.34. The van der Waals surface area contributed by atoms with Gasteiger partial charge >= 0.3 is 0 Å². The Labute approximate surface area is 170 Å². The largest absolute Gasteiger partial charge is 0.504 e. The smallest absolute Gasteiger partial charge is 0.162 e. The zero-order chi connectivity index (χ0) is 20.3. The van der Waals surface area contributed by atoms with Crippen LogP contribution in [0.2, 0.25) is 10.0 Å². The lowest BCUT2D eigenvalue weighted by atomic mass is 10.2. The Bertz CT molecular complexity index is 1150. The minimum atomic E-state index is -0.192. The maximum absolute atomic E-state index is 9.21. The summed E-state index contributed by atoms with van der Waals surface area (Å²) < 4.78 is 10.4. The van der Waals surface area contributed by atoms with Crippen LogP contribution in [0.3, 0.4) is 0 Å². The van der Waals surface area contributed by atoms with E-state index in [1.165, 1.54) is 12.1 Å². The molecule has 0 aliphatic heterocycles. The first kappa shape index (κ1) is 19.8. The summed E-state index contributed by atoms with van der Waals surface area (Å²) in [6, 6.07) is 9.76. The third-order valence-corrected chi connectivity index (χ3v) is 4.64. The zero-order valence-electron chi connectivity index (χ0n) is 15.0. The third-order valence-electron chi connectivity index (χ3n) is 3.98. The Morgan fingerprint density at radius 2 is 1.18 bits per heavy atom. The summed E-state index contributed by atoms with van der Waals surface area (Å²) in [7, 11) is 3.18. The topological polar surface area (TPSA) is 84.7 Å². The van der Waals surface area contributed by atoms with Crippen molar-refractivity contribution in [2.75, 3.05) is 14.2 Å². The lowest BCUT2D eigenvalue weighted by Gasteiger charge is -2.09. The number of benzene rings is 2. The summed E-state index contributed by atoms with van der Waals surface area (Å²) in [5.41, 5.74) is 1.35. The Morgan fingerprint density at radius 1 is 0.714 bits per heavy atom. The molecule has 0 bridgehead atoms. The van der Waals surface area contributed by atoms with E-state index in [0.29, 0.717) is 32.4 Å². The zero-order valence-corrected chi connectivity index (χ0v) is 16.5. The number of fused-ring (bicyclic) bond motifs is 2. The number of methoxy groups -OCH3 is 2. The summed E-state index contributed by atoms with van der Waals surface area (Å²) in [5, 5.41) is 21.0. The van der Waals surface area contributed by atoms with Crippen molar-refractivity contribution in [1.82, 2.24) is 9.97 Å². The van der Waals surface area contributed by atoms with Crippen molar-refractivity contribution in [1.29, 1.82) is 0 Å². The van der Waals surface area contributed by atoms with Crippen molar-refractivity contribution in [2.24, 2.45) is 0 Å². The number of hydrogen-bond donors (Lipinski definition) is 2. The van der Waals surface area contributed by atoms with Crippen LogP contribution < -0.4 is 9.47 Å². The molecule has 0 aliphatic carbocycles. The first-order valence-electron chi connectivity index (χ1n) is 8.07. The van der Waals surface area contributed by atoms with Crippen molar-refractivity contribution in [2.45, 2.75) is 0 Å². The summed E-state index contributed by atoms with van der Waals surface area (Å²) in [5.74, 6) is 0.921. The number of hydrogen-bond acceptors (Lipinski definition) is 6. The van der Waals surface area contributed by atoms with Gasteiger partial charge in [-0.05, 0) is 24.3 Å². The summed E-state index contributed by atoms with van der Waals surface area (Å²) >= 11 is 11.9. The number of halogens is 2. The van der Waals surface area contributed by atoms with E-state index in [9.17, 15) is 10.2 Å². The highest BCUT2D eigenvalue weighted by atomic mass is 35.5. The predicted molar refractivity (Wildman–Crippen MR) is 110 cm³/mol. The Morgan fingerprint density at radius 3 is 1.75 bits per heavy atom. The van der Waals surface area contributed by atoms with Crippen LogP contribution in [0.25, 0.3) is 21.8 Å². The van der Waals surface area contributed by atoms with Gasteiger partial charge in [0.2, 0.25) is 0 Å². The van der Waals surface area contributed by atoms with E-state index >= 15 is 0 Å². The van der Waals surface area contributed by atoms with Crippen LogP contribution in [0.15, 0.2) is 48.8 Å². The minimum Gasteiger partial charge on any atom is -0.504 e. The van der Waals surface area contributed by atoms with Crippen LogP contribution >= 0.6 is 23.2 Å². The molecule has 0 saturated heterocycles. The highest BCUT2D eigenvalue weighted by Gasteiger charge is 2.08. The van der Waals surface area contributed by atoms with E-state index in [1.54, 1.807) is 44.8 Å². The van der Waals surface area contributed by atoms with E-state index < -0.39 is 0 Å². The summed E-state index contributed by atoms with van der Waals surface area (Å²) in [4.78, 5) is 8.19. The second-order valence-corrected chi connectivity index (χ2v) is 6.48. The van der Waals surface area contributed by atoms with Crippen LogP contribution in [-0.4, -0.2) is 34.4 Å². The molecule has 0 radical (unpaired) electrons. The van der Waals surface area contributed by atoms with Gasteiger partial charge < -0.3 is 19.7 Å². The standard InChI is InChI=1S/C11H10ClNO2.C9H6ClNO2/c1-14-10-5-7-8(12)3-4-13-9(7)6-11(10)15-2;10-6-1-2-11-7-4-9(13)8(12)3-5(6)7/h3-6H,1-2H3;1-4,12-13H. The molecule has 2 aromatic heterocycles. The maximum atomic E-state index is 9.21. The Kier molecular flexibility index (Phi) is 5.92. The van der Waals surface area contributed by atoms with Gasteiger partial charge in [-0.2, -0.15) is 0 Å². The number of nitrogens with zero attached hydrogens (tertiary/aromatic N) is 2. The molecule has 0 saturated carbocycles. The van der Waals surface area contributed by atoms with Gasteiger partial charge in [0.05, 0.1) is 35.3 Å². The SMILES string of the molecule is COc1cc2nccc(Cl)c2cc1OC.Oc1cc2nccc(Cl)c2cc1O. The molecule has 28 heavy (non-hydrogen) atoms. The third kappa shape index (κ3) is 3.98. The number of aromatic hydroxyl groups is 2. The highest BCUT2D eigenvalue weighted by molar-refractivity contribution is 6.35. The minimum absolute atomic E-state index is 0.192. The van der Waals surface area contributed by atoms with Gasteiger partial charge in [0.25, 0.3) is 0 Å². The van der Waals surface area contributed by atoms with Crippen molar-refractivity contribution in [3.63, 3.8) is 0 Å². The van der Waals surface area contributed by atoms with E-state index in [4.69, 9.17) is 32.7 Å². The van der Waals surface area contributed by atoms with Gasteiger partial charge in [0.1, 0.15) is 0 Å². The molecule has 0 amide bonds. The average Bonchev–Trinajstić information content (AvgIpc) is 2.69. The van der Waals surface area contributed by atoms with Gasteiger partial charge in [-0.25, -0.2) is 0 Å². The van der Waals surface area contributed by atoms with Crippen LogP contribution in [0.5, 0.6) is 23.0 Å². The fourth-order valence-electron chi connectivity index (χ4n) is 2.58. The number of pyridine rings is 2. The summed E-state index contributed by atoms with van der Waals surface area (Å²) in [6.45, 7) is 0. The first-order chi connectivity index (χ1) is 13.4. The molecule has 0 spiro atoms. The lowest BCUT2D eigenvalue weighted by Crippen LogP contribution is -1.91. The van der Waals surface area contributed by atoms with Crippen LogP contribution in [-0.2, 0) is 0 Å². The van der Waals surface area contributed by atoms with Crippen molar-refractivity contribution >= 4 is 45.0 Å². The van der Waals surface area contributed by atoms with Crippen LogP contribution in [0, 0.1) is 0 Å². The van der Waals surface area contributed by atoms with E-state index in [2.05, 4.69) is 9.97 Å². The molecule has 2 N–H and O–H groups in total. The average molecular weight is 419 g/mol. The number of phenols is 2. The molecule has 6 nitrogen and oxygen atoms in total. The van der Waals surface area contributed by atoms with Gasteiger partial charge in [0, 0.05) is 35.3 Å². The molecular formula is C20H16Cl2N2O4. The monoisotopic (exact) mass is 418 g/mol. The van der Waals surface area contributed by atoms with Crippen LogP contribution in [0.4, 0.5) is 0 Å². The summed E-state index contributed by atoms with van der Waals surface area (Å²) in [6.07, 6.45) is 3.21. The lowest BCUT2D eigenvalue weighted by molar-refractivity contribution is 0.356. The maximum Gasteiger partial charge on any atom is 0.162 e. The molecule has 0 aliphatic rings. The fourth-order valence-corrected chi connectivity index (χ4v) is 2.99. The number of aromatic nitrogens is 2. The molecule has 4 rings (SSSR count). The quantitative estimate of drug-likeness (QED) is 0.434. The van der Waals surface area contributed by atoms with E-state index in [-0.39, 0.29) is 11.5 Å². The number of phenolic OH excluding ortho intramolecular Hbond substituents is 2. The Balaban J connectivity index is 0.000000162. The molecule has 4 aromatic rings. The van der Waals surface area contributed by atoms with Crippen molar-refractivity contribution < 1.29 is 19.7 Å². The molecule has 2 aromatic carbocycles. The number of ether oxygens (including phenoxy) is 2. The number of rotatable bonds is 2.